The van der Waals surface area contributed by atoms with Crippen LogP contribution in [0.5, 0.6) is 0 Å². The highest BCUT2D eigenvalue weighted by Crippen LogP contribution is 2.38. The van der Waals surface area contributed by atoms with Crippen molar-refractivity contribution in [1.82, 2.24) is 25.3 Å². The molecule has 4 heterocycles. The van der Waals surface area contributed by atoms with E-state index in [1.807, 2.05) is 4.90 Å². The van der Waals surface area contributed by atoms with Gasteiger partial charge in [0.1, 0.15) is 5.52 Å². The second-order valence-corrected chi connectivity index (χ2v) is 6.29. The number of piperidine rings is 1. The summed E-state index contributed by atoms with van der Waals surface area (Å²) in [7, 11) is 0. The maximum absolute atomic E-state index is 11.7. The molecule has 2 fully saturated rings. The van der Waals surface area contributed by atoms with E-state index in [9.17, 15) is 14.7 Å². The normalized spacial score (nSPS) is 22.9. The average molecular weight is 331 g/mol. The van der Waals surface area contributed by atoms with E-state index >= 15 is 0 Å². The molecule has 126 valence electrons. The van der Waals surface area contributed by atoms with Gasteiger partial charge in [-0.3, -0.25) is 9.59 Å². The molecule has 24 heavy (non-hydrogen) atoms. The van der Waals surface area contributed by atoms with Crippen molar-refractivity contribution < 1.29 is 14.7 Å². The molecule has 0 aliphatic carbocycles. The van der Waals surface area contributed by atoms with Crippen LogP contribution in [-0.4, -0.2) is 55.5 Å². The molecule has 1 spiro atoms. The van der Waals surface area contributed by atoms with Crippen LogP contribution in [0.3, 0.4) is 0 Å². The molecular formula is C14H17N7O3. The lowest BCUT2D eigenvalue weighted by Crippen LogP contribution is -2.55. The van der Waals surface area contributed by atoms with Gasteiger partial charge in [0.2, 0.25) is 11.9 Å². The highest BCUT2D eigenvalue weighted by molar-refractivity contribution is 5.88. The first-order valence-corrected chi connectivity index (χ1v) is 7.74. The number of fused-ring (bicyclic) bond motifs is 1. The molecule has 0 radical (unpaired) electrons. The van der Waals surface area contributed by atoms with E-state index in [2.05, 4.69) is 25.3 Å². The summed E-state index contributed by atoms with van der Waals surface area (Å²) in [5.74, 6) is -1.01. The minimum Gasteiger partial charge on any atom is -0.481 e. The number of anilines is 2. The number of carboxylic acids is 1. The van der Waals surface area contributed by atoms with Crippen LogP contribution < -0.4 is 16.0 Å². The van der Waals surface area contributed by atoms with Crippen molar-refractivity contribution in [2.45, 2.75) is 24.8 Å². The largest absolute Gasteiger partial charge is 0.481 e. The summed E-state index contributed by atoms with van der Waals surface area (Å²) in [6.45, 7) is 1.13. The molecule has 0 bridgehead atoms. The summed E-state index contributed by atoms with van der Waals surface area (Å²) in [4.78, 5) is 40.7. The standard InChI is InChI=1S/C14H17N7O3/c15-13-18-10-9(16-6-17-10)11(19-13)21-3-1-14(2-4-21)7(12(23)24)5-8(22)20-14/h6-7H,1-5H2,(H,20,22)(H,23,24)(H3,15,16,17,18,19). The Morgan fingerprint density at radius 1 is 1.38 bits per heavy atom. The number of aromatic nitrogens is 4. The highest BCUT2D eigenvalue weighted by Gasteiger charge is 2.51. The lowest BCUT2D eigenvalue weighted by molar-refractivity contribution is -0.144. The summed E-state index contributed by atoms with van der Waals surface area (Å²) in [6, 6.07) is 0. The number of imidazole rings is 1. The monoisotopic (exact) mass is 331 g/mol. The van der Waals surface area contributed by atoms with Crippen molar-refractivity contribution in [2.24, 2.45) is 5.92 Å². The van der Waals surface area contributed by atoms with Gasteiger partial charge in [0.15, 0.2) is 11.5 Å². The van der Waals surface area contributed by atoms with Gasteiger partial charge in [0.25, 0.3) is 0 Å². The van der Waals surface area contributed by atoms with Crippen LogP contribution in [0.2, 0.25) is 0 Å². The van der Waals surface area contributed by atoms with Crippen molar-refractivity contribution in [2.75, 3.05) is 23.7 Å². The van der Waals surface area contributed by atoms with Crippen LogP contribution in [0.4, 0.5) is 11.8 Å². The van der Waals surface area contributed by atoms with Gasteiger partial charge < -0.3 is 26.0 Å². The molecule has 4 rings (SSSR count). The van der Waals surface area contributed by atoms with Gasteiger partial charge in [0.05, 0.1) is 17.8 Å². The molecule has 2 aromatic heterocycles. The SMILES string of the molecule is Nc1nc(N2CCC3(CC2)NC(=O)CC3C(=O)O)c2[nH]cnc2n1. The summed E-state index contributed by atoms with van der Waals surface area (Å²) in [5.41, 5.74) is 6.27. The van der Waals surface area contributed by atoms with Gasteiger partial charge in [-0.25, -0.2) is 4.98 Å². The molecule has 5 N–H and O–H groups in total. The van der Waals surface area contributed by atoms with Crippen LogP contribution in [0, 0.1) is 5.92 Å². The quantitative estimate of drug-likeness (QED) is 0.575. The molecule has 2 saturated heterocycles. The Morgan fingerprint density at radius 2 is 2.12 bits per heavy atom. The Balaban J connectivity index is 1.61. The third-order valence-electron chi connectivity index (χ3n) is 4.98. The van der Waals surface area contributed by atoms with E-state index in [-0.39, 0.29) is 18.3 Å². The summed E-state index contributed by atoms with van der Waals surface area (Å²) >= 11 is 0. The fraction of sp³-hybridized carbons (Fsp3) is 0.500. The van der Waals surface area contributed by atoms with Crippen LogP contribution in [0.25, 0.3) is 11.2 Å². The van der Waals surface area contributed by atoms with Gasteiger partial charge in [-0.2, -0.15) is 9.97 Å². The third-order valence-corrected chi connectivity index (χ3v) is 4.98. The lowest BCUT2D eigenvalue weighted by atomic mass is 9.78. The molecular weight excluding hydrogens is 314 g/mol. The highest BCUT2D eigenvalue weighted by atomic mass is 16.4. The average Bonchev–Trinajstić information content (AvgIpc) is 3.12. The third kappa shape index (κ3) is 2.14. The van der Waals surface area contributed by atoms with Crippen LogP contribution >= 0.6 is 0 Å². The molecule has 10 heteroatoms. The Labute approximate surface area is 136 Å². The Kier molecular flexibility index (Phi) is 3.08. The number of nitrogens with one attached hydrogen (secondary N) is 2. The summed E-state index contributed by atoms with van der Waals surface area (Å²) < 4.78 is 0. The molecule has 2 aliphatic heterocycles. The zero-order valence-corrected chi connectivity index (χ0v) is 12.8. The maximum atomic E-state index is 11.7. The Morgan fingerprint density at radius 3 is 2.83 bits per heavy atom. The minimum absolute atomic E-state index is 0.0422. The number of aromatic amines is 1. The molecule has 1 unspecified atom stereocenters. The second-order valence-electron chi connectivity index (χ2n) is 6.29. The van der Waals surface area contributed by atoms with E-state index in [1.54, 1.807) is 0 Å². The van der Waals surface area contributed by atoms with Gasteiger partial charge in [-0.15, -0.1) is 0 Å². The number of carbonyl (C=O) groups is 2. The van der Waals surface area contributed by atoms with Crippen molar-refractivity contribution >= 4 is 34.8 Å². The molecule has 2 aliphatic rings. The molecule has 0 aromatic carbocycles. The molecule has 10 nitrogen and oxygen atoms in total. The van der Waals surface area contributed by atoms with E-state index < -0.39 is 17.4 Å². The fourth-order valence-corrected chi connectivity index (χ4v) is 3.77. The smallest absolute Gasteiger partial charge is 0.309 e. The number of rotatable bonds is 2. The predicted molar refractivity (Wildman–Crippen MR) is 84.2 cm³/mol. The summed E-state index contributed by atoms with van der Waals surface area (Å²) in [6.07, 6.45) is 2.65. The number of H-pyrrole nitrogens is 1. The number of nitrogens with two attached hydrogens (primary N) is 1. The number of amides is 1. The van der Waals surface area contributed by atoms with Gasteiger partial charge in [-0.05, 0) is 12.8 Å². The van der Waals surface area contributed by atoms with Crippen LogP contribution in [0.15, 0.2) is 6.33 Å². The second kappa shape index (κ2) is 5.05. The van der Waals surface area contributed by atoms with Crippen molar-refractivity contribution in [1.29, 1.82) is 0 Å². The number of hydrogen-bond acceptors (Lipinski definition) is 7. The number of hydrogen-bond donors (Lipinski definition) is 4. The first-order chi connectivity index (χ1) is 11.5. The Hall–Kier alpha value is -2.91. The molecule has 1 amide bonds. The number of carboxylic acid groups (broad SMARTS) is 1. The fourth-order valence-electron chi connectivity index (χ4n) is 3.77. The number of aliphatic carboxylic acids is 1. The maximum Gasteiger partial charge on any atom is 0.309 e. The number of nitrogen functional groups attached to an aromatic ring is 1. The van der Waals surface area contributed by atoms with Crippen molar-refractivity contribution in [3.8, 4) is 0 Å². The van der Waals surface area contributed by atoms with Crippen LogP contribution in [-0.2, 0) is 9.59 Å². The van der Waals surface area contributed by atoms with Crippen LogP contribution in [0.1, 0.15) is 19.3 Å². The zero-order valence-electron chi connectivity index (χ0n) is 12.8. The van der Waals surface area contributed by atoms with E-state index in [4.69, 9.17) is 5.73 Å². The molecule has 2 aromatic rings. The molecule has 1 atom stereocenters. The van der Waals surface area contributed by atoms with Gasteiger partial charge >= 0.3 is 5.97 Å². The minimum atomic E-state index is -0.927. The topological polar surface area (TPSA) is 150 Å². The molecule has 0 saturated carbocycles. The summed E-state index contributed by atoms with van der Waals surface area (Å²) in [5, 5.41) is 12.3. The number of nitrogens with zero attached hydrogens (tertiary/aromatic N) is 4. The zero-order chi connectivity index (χ0) is 16.9. The van der Waals surface area contributed by atoms with Gasteiger partial charge in [0, 0.05) is 19.5 Å². The van der Waals surface area contributed by atoms with E-state index in [1.165, 1.54) is 6.33 Å². The Bertz CT molecular complexity index is 825. The first-order valence-electron chi connectivity index (χ1n) is 7.74. The van der Waals surface area contributed by atoms with Crippen molar-refractivity contribution in [3.63, 3.8) is 0 Å². The van der Waals surface area contributed by atoms with Crippen molar-refractivity contribution in [3.05, 3.63) is 6.33 Å². The van der Waals surface area contributed by atoms with E-state index in [0.29, 0.717) is 42.9 Å². The van der Waals surface area contributed by atoms with E-state index in [0.717, 1.165) is 0 Å². The predicted octanol–water partition coefficient (Wildman–Crippen LogP) is -0.505. The first kappa shape index (κ1) is 14.7. The number of carbonyl (C=O) groups excluding carboxylic acids is 1. The lowest BCUT2D eigenvalue weighted by Gasteiger charge is -2.41. The van der Waals surface area contributed by atoms with Gasteiger partial charge in [-0.1, -0.05) is 0 Å².